The van der Waals surface area contributed by atoms with Crippen molar-refractivity contribution in [3.05, 3.63) is 27.9 Å². The number of carbonyl (C=O) groups is 1. The van der Waals surface area contributed by atoms with E-state index in [0.717, 1.165) is 4.90 Å². The minimum absolute atomic E-state index is 0.0395. The molecule has 0 radical (unpaired) electrons. The van der Waals surface area contributed by atoms with E-state index in [1.807, 2.05) is 0 Å². The fourth-order valence-electron chi connectivity index (χ4n) is 2.80. The van der Waals surface area contributed by atoms with Gasteiger partial charge in [0.15, 0.2) is 0 Å². The summed E-state index contributed by atoms with van der Waals surface area (Å²) >= 11 is 0. The van der Waals surface area contributed by atoms with Gasteiger partial charge in [-0.15, -0.1) is 0 Å². The molecule has 2 rings (SSSR count). The maximum absolute atomic E-state index is 12.8. The zero-order chi connectivity index (χ0) is 16.5. The quantitative estimate of drug-likeness (QED) is 0.854. The second-order valence-corrected chi connectivity index (χ2v) is 5.51. The molecule has 0 aliphatic carbocycles. The van der Waals surface area contributed by atoms with E-state index < -0.39 is 23.8 Å². The van der Waals surface area contributed by atoms with E-state index >= 15 is 0 Å². The average Bonchev–Trinajstić information content (AvgIpc) is 2.86. The largest absolute Gasteiger partial charge is 0.408 e. The van der Waals surface area contributed by atoms with Crippen molar-refractivity contribution in [3.8, 4) is 0 Å². The highest BCUT2D eigenvalue weighted by Crippen LogP contribution is 2.32. The van der Waals surface area contributed by atoms with Crippen LogP contribution >= 0.6 is 0 Å². The topological polar surface area (TPSA) is 55.2 Å². The molecule has 1 aliphatic heterocycles. The summed E-state index contributed by atoms with van der Waals surface area (Å²) in [5, 5.41) is 0. The minimum Gasteiger partial charge on any atom is -0.331 e. The Kier molecular flexibility index (Phi) is 4.58. The van der Waals surface area contributed by atoms with Crippen LogP contribution in [0, 0.1) is 13.8 Å². The van der Waals surface area contributed by atoms with Gasteiger partial charge in [-0.05, 0) is 32.8 Å². The summed E-state index contributed by atoms with van der Waals surface area (Å²) in [6, 6.07) is -0.00534. The number of hydrogen-bond acceptors (Lipinski definition) is 3. The molecule has 0 unspecified atom stereocenters. The molecular formula is C14H18F3N3O2. The molecule has 1 aromatic rings. The van der Waals surface area contributed by atoms with E-state index in [0.29, 0.717) is 17.8 Å². The van der Waals surface area contributed by atoms with Gasteiger partial charge in [0.25, 0.3) is 0 Å². The average molecular weight is 317 g/mol. The van der Waals surface area contributed by atoms with Crippen LogP contribution in [0.25, 0.3) is 0 Å². The Labute approximate surface area is 125 Å². The summed E-state index contributed by atoms with van der Waals surface area (Å²) < 4.78 is 39.9. The van der Waals surface area contributed by atoms with Crippen LogP contribution < -0.4 is 5.69 Å². The summed E-state index contributed by atoms with van der Waals surface area (Å²) in [5.41, 5.74) is 0.722. The summed E-state index contributed by atoms with van der Waals surface area (Å²) in [7, 11) is 0. The van der Waals surface area contributed by atoms with Crippen molar-refractivity contribution in [1.82, 2.24) is 14.5 Å². The Morgan fingerprint density at radius 3 is 2.68 bits per heavy atom. The zero-order valence-electron chi connectivity index (χ0n) is 12.5. The lowest BCUT2D eigenvalue weighted by atomic mass is 10.2. The summed E-state index contributed by atoms with van der Waals surface area (Å²) in [6.45, 7) is 3.54. The molecule has 1 amide bonds. The van der Waals surface area contributed by atoms with E-state index in [4.69, 9.17) is 0 Å². The second kappa shape index (κ2) is 6.10. The van der Waals surface area contributed by atoms with E-state index in [1.54, 1.807) is 19.9 Å². The number of nitrogens with zero attached hydrogens (tertiary/aromatic N) is 3. The van der Waals surface area contributed by atoms with Crippen molar-refractivity contribution in [2.45, 2.75) is 51.9 Å². The lowest BCUT2D eigenvalue weighted by Crippen LogP contribution is -2.45. The number of alkyl halides is 3. The molecule has 1 saturated heterocycles. The van der Waals surface area contributed by atoms with Crippen LogP contribution in [0.5, 0.6) is 0 Å². The maximum Gasteiger partial charge on any atom is 0.408 e. The van der Waals surface area contributed by atoms with Gasteiger partial charge in [-0.2, -0.15) is 18.2 Å². The number of aromatic nitrogens is 2. The van der Waals surface area contributed by atoms with Crippen molar-refractivity contribution in [1.29, 1.82) is 0 Å². The van der Waals surface area contributed by atoms with Crippen molar-refractivity contribution < 1.29 is 18.0 Å². The summed E-state index contributed by atoms with van der Waals surface area (Å²) in [6.07, 6.45) is -4.25. The molecule has 8 heteroatoms. The van der Waals surface area contributed by atoms with Crippen molar-refractivity contribution in [3.63, 3.8) is 0 Å². The van der Waals surface area contributed by atoms with Gasteiger partial charge in [0.1, 0.15) is 6.04 Å². The molecule has 1 fully saturated rings. The predicted octanol–water partition coefficient (Wildman–Crippen LogP) is 1.80. The zero-order valence-corrected chi connectivity index (χ0v) is 12.5. The fraction of sp³-hybridized carbons (Fsp3) is 0.643. The number of aryl methyl sites for hydroxylation is 2. The minimum atomic E-state index is -4.40. The first-order chi connectivity index (χ1) is 10.2. The highest BCUT2D eigenvalue weighted by molar-refractivity contribution is 5.76. The van der Waals surface area contributed by atoms with Gasteiger partial charge in [-0.1, -0.05) is 0 Å². The normalized spacial score (nSPS) is 18.8. The van der Waals surface area contributed by atoms with Crippen molar-refractivity contribution in [2.75, 3.05) is 6.54 Å². The Hall–Kier alpha value is -1.86. The van der Waals surface area contributed by atoms with Gasteiger partial charge in [-0.25, -0.2) is 4.79 Å². The van der Waals surface area contributed by atoms with Gasteiger partial charge in [-0.3, -0.25) is 9.36 Å². The first-order valence-corrected chi connectivity index (χ1v) is 7.11. The third-order valence-corrected chi connectivity index (χ3v) is 3.85. The van der Waals surface area contributed by atoms with Crippen LogP contribution in [0.3, 0.4) is 0 Å². The first-order valence-electron chi connectivity index (χ1n) is 7.11. The third-order valence-electron chi connectivity index (χ3n) is 3.85. The van der Waals surface area contributed by atoms with Crippen LogP contribution in [0.4, 0.5) is 13.2 Å². The molecule has 122 valence electrons. The Morgan fingerprint density at radius 2 is 2.09 bits per heavy atom. The van der Waals surface area contributed by atoms with Gasteiger partial charge >= 0.3 is 11.9 Å². The lowest BCUT2D eigenvalue weighted by molar-refractivity contribution is -0.182. The van der Waals surface area contributed by atoms with E-state index in [1.165, 1.54) is 4.57 Å². The molecule has 0 saturated carbocycles. The predicted molar refractivity (Wildman–Crippen MR) is 73.4 cm³/mol. The Morgan fingerprint density at radius 1 is 1.41 bits per heavy atom. The molecule has 0 N–H and O–H groups in total. The van der Waals surface area contributed by atoms with Gasteiger partial charge in [0, 0.05) is 30.9 Å². The molecule has 2 heterocycles. The Balaban J connectivity index is 2.06. The molecule has 1 aliphatic rings. The first kappa shape index (κ1) is 16.5. The van der Waals surface area contributed by atoms with Gasteiger partial charge in [0.05, 0.1) is 0 Å². The molecule has 0 spiro atoms. The van der Waals surface area contributed by atoms with Crippen molar-refractivity contribution in [2.24, 2.45) is 0 Å². The maximum atomic E-state index is 12.8. The number of rotatable bonds is 3. The monoisotopic (exact) mass is 317 g/mol. The Bertz CT molecular complexity index is 625. The van der Waals surface area contributed by atoms with E-state index in [-0.39, 0.29) is 25.9 Å². The van der Waals surface area contributed by atoms with Crippen LogP contribution in [0.2, 0.25) is 0 Å². The number of likely N-dealkylation sites (tertiary alicyclic amines) is 1. The van der Waals surface area contributed by atoms with E-state index in [9.17, 15) is 22.8 Å². The lowest BCUT2D eigenvalue weighted by Gasteiger charge is -2.26. The highest BCUT2D eigenvalue weighted by Gasteiger charge is 2.47. The molecular weight excluding hydrogens is 299 g/mol. The van der Waals surface area contributed by atoms with Crippen molar-refractivity contribution >= 4 is 5.91 Å². The van der Waals surface area contributed by atoms with Gasteiger partial charge in [0.2, 0.25) is 5.91 Å². The highest BCUT2D eigenvalue weighted by atomic mass is 19.4. The SMILES string of the molecule is Cc1cc(C)n(CCC(=O)N2CCC[C@H]2C(F)(F)F)c(=O)n1. The number of hydrogen-bond donors (Lipinski definition) is 0. The molecule has 0 aromatic carbocycles. The molecule has 1 atom stereocenters. The summed E-state index contributed by atoms with van der Waals surface area (Å²) in [4.78, 5) is 28.5. The standard InChI is InChI=1S/C14H18F3N3O2/c1-9-8-10(2)19(13(22)18-9)7-5-12(21)20-6-3-4-11(20)14(15,16)17/h8,11H,3-7H2,1-2H3/t11-/m0/s1. The van der Waals surface area contributed by atoms with E-state index in [2.05, 4.69) is 4.98 Å². The molecule has 22 heavy (non-hydrogen) atoms. The molecule has 1 aromatic heterocycles. The smallest absolute Gasteiger partial charge is 0.331 e. The van der Waals surface area contributed by atoms with Crippen LogP contribution in [0.15, 0.2) is 10.9 Å². The number of carbonyl (C=O) groups excluding carboxylic acids is 1. The van der Waals surface area contributed by atoms with Crippen LogP contribution in [-0.4, -0.2) is 39.1 Å². The third kappa shape index (κ3) is 3.48. The second-order valence-electron chi connectivity index (χ2n) is 5.51. The van der Waals surface area contributed by atoms with Crippen LogP contribution in [-0.2, 0) is 11.3 Å². The van der Waals surface area contributed by atoms with Crippen LogP contribution in [0.1, 0.15) is 30.7 Å². The molecule has 0 bridgehead atoms. The number of amides is 1. The molecule has 5 nitrogen and oxygen atoms in total. The number of halogens is 3. The summed E-state index contributed by atoms with van der Waals surface area (Å²) in [5.74, 6) is -0.577. The van der Waals surface area contributed by atoms with Gasteiger partial charge < -0.3 is 4.90 Å². The fourth-order valence-corrected chi connectivity index (χ4v) is 2.80.